The maximum absolute atomic E-state index is 12.5. The second kappa shape index (κ2) is 7.35. The van der Waals surface area contributed by atoms with Gasteiger partial charge >= 0.3 is 6.03 Å². The Morgan fingerprint density at radius 1 is 1.12 bits per heavy atom. The highest BCUT2D eigenvalue weighted by atomic mass is 32.2. The summed E-state index contributed by atoms with van der Waals surface area (Å²) >= 11 is 0. The second-order valence-electron chi connectivity index (χ2n) is 5.55. The lowest BCUT2D eigenvalue weighted by atomic mass is 9.99. The number of hydrogen-bond donors (Lipinski definition) is 3. The Labute approximate surface area is 142 Å². The van der Waals surface area contributed by atoms with Gasteiger partial charge in [0.25, 0.3) is 10.0 Å². The molecule has 0 spiro atoms. The molecule has 0 radical (unpaired) electrons. The van der Waals surface area contributed by atoms with E-state index in [0.717, 1.165) is 12.0 Å². The number of primary amides is 1. The molecule has 0 saturated carbocycles. The first-order chi connectivity index (χ1) is 11.3. The van der Waals surface area contributed by atoms with Crippen molar-refractivity contribution in [3.05, 3.63) is 54.1 Å². The molecule has 0 bridgehead atoms. The Balaban J connectivity index is 2.20. The van der Waals surface area contributed by atoms with Crippen LogP contribution in [0.2, 0.25) is 0 Å². The Kier molecular flexibility index (Phi) is 5.46. The first-order valence-corrected chi connectivity index (χ1v) is 9.09. The third-order valence-corrected chi connectivity index (χ3v) is 5.15. The highest BCUT2D eigenvalue weighted by Crippen LogP contribution is 2.23. The second-order valence-corrected chi connectivity index (χ2v) is 7.24. The van der Waals surface area contributed by atoms with Crippen molar-refractivity contribution >= 4 is 27.4 Å². The van der Waals surface area contributed by atoms with Crippen LogP contribution in [-0.4, -0.2) is 14.4 Å². The van der Waals surface area contributed by atoms with Gasteiger partial charge < -0.3 is 11.1 Å². The molecule has 6 nitrogen and oxygen atoms in total. The zero-order valence-electron chi connectivity index (χ0n) is 13.6. The standard InChI is InChI=1S/C17H21N3O3S/c1-3-12(2)13-7-9-16(10-8-13)24(22,23)20-15-6-4-5-14(11-15)19-17(18)21/h4-12,20H,3H2,1-2H3,(H3,18,19,21). The summed E-state index contributed by atoms with van der Waals surface area (Å²) in [5.74, 6) is 0.381. The molecule has 24 heavy (non-hydrogen) atoms. The zero-order chi connectivity index (χ0) is 17.7. The highest BCUT2D eigenvalue weighted by molar-refractivity contribution is 7.92. The third kappa shape index (κ3) is 4.48. The molecule has 0 aromatic heterocycles. The number of anilines is 2. The lowest BCUT2D eigenvalue weighted by Crippen LogP contribution is -2.19. The van der Waals surface area contributed by atoms with Crippen molar-refractivity contribution < 1.29 is 13.2 Å². The molecule has 0 aliphatic carbocycles. The van der Waals surface area contributed by atoms with Crippen LogP contribution in [0.5, 0.6) is 0 Å². The third-order valence-electron chi connectivity index (χ3n) is 3.75. The molecule has 0 heterocycles. The van der Waals surface area contributed by atoms with Crippen molar-refractivity contribution in [2.24, 2.45) is 5.73 Å². The van der Waals surface area contributed by atoms with E-state index in [1.54, 1.807) is 30.3 Å². The van der Waals surface area contributed by atoms with Crippen molar-refractivity contribution in [3.63, 3.8) is 0 Å². The predicted octanol–water partition coefficient (Wildman–Crippen LogP) is 3.49. The van der Waals surface area contributed by atoms with E-state index in [4.69, 9.17) is 5.73 Å². The molecular formula is C17H21N3O3S. The van der Waals surface area contributed by atoms with Gasteiger partial charge in [0.2, 0.25) is 0 Å². The lowest BCUT2D eigenvalue weighted by Gasteiger charge is -2.12. The summed E-state index contributed by atoms with van der Waals surface area (Å²) < 4.78 is 27.4. The minimum absolute atomic E-state index is 0.183. The molecule has 2 aromatic rings. The maximum atomic E-state index is 12.5. The summed E-state index contributed by atoms with van der Waals surface area (Å²) in [5.41, 5.74) is 6.91. The highest BCUT2D eigenvalue weighted by Gasteiger charge is 2.15. The predicted molar refractivity (Wildman–Crippen MR) is 95.6 cm³/mol. The molecule has 1 unspecified atom stereocenters. The molecule has 2 aromatic carbocycles. The van der Waals surface area contributed by atoms with Crippen LogP contribution < -0.4 is 15.8 Å². The van der Waals surface area contributed by atoms with Crippen molar-refractivity contribution in [3.8, 4) is 0 Å². The molecule has 128 valence electrons. The first kappa shape index (κ1) is 17.8. The Morgan fingerprint density at radius 3 is 2.33 bits per heavy atom. The van der Waals surface area contributed by atoms with Gasteiger partial charge in [0, 0.05) is 5.69 Å². The van der Waals surface area contributed by atoms with Crippen LogP contribution in [0.15, 0.2) is 53.4 Å². The number of amides is 2. The summed E-state index contributed by atoms with van der Waals surface area (Å²) in [6, 6.07) is 12.5. The van der Waals surface area contributed by atoms with Gasteiger partial charge in [-0.15, -0.1) is 0 Å². The Bertz CT molecular complexity index is 817. The van der Waals surface area contributed by atoms with Gasteiger partial charge in [0.15, 0.2) is 0 Å². The maximum Gasteiger partial charge on any atom is 0.316 e. The monoisotopic (exact) mass is 347 g/mol. The van der Waals surface area contributed by atoms with E-state index >= 15 is 0 Å². The van der Waals surface area contributed by atoms with E-state index in [2.05, 4.69) is 23.9 Å². The lowest BCUT2D eigenvalue weighted by molar-refractivity contribution is 0.259. The fraction of sp³-hybridized carbons (Fsp3) is 0.235. The SMILES string of the molecule is CCC(C)c1ccc(S(=O)(=O)Nc2cccc(NC(N)=O)c2)cc1. The molecule has 1 atom stereocenters. The fourth-order valence-electron chi connectivity index (χ4n) is 2.23. The van der Waals surface area contributed by atoms with Crippen LogP contribution in [0.25, 0.3) is 0 Å². The van der Waals surface area contributed by atoms with Crippen LogP contribution in [-0.2, 0) is 10.0 Å². The Hall–Kier alpha value is -2.54. The molecule has 4 N–H and O–H groups in total. The summed E-state index contributed by atoms with van der Waals surface area (Å²) in [6.45, 7) is 4.18. The van der Waals surface area contributed by atoms with Gasteiger partial charge in [-0.1, -0.05) is 32.0 Å². The average molecular weight is 347 g/mol. The largest absolute Gasteiger partial charge is 0.351 e. The van der Waals surface area contributed by atoms with E-state index in [-0.39, 0.29) is 4.90 Å². The minimum Gasteiger partial charge on any atom is -0.351 e. The number of carbonyl (C=O) groups excluding carboxylic acids is 1. The zero-order valence-corrected chi connectivity index (χ0v) is 14.4. The molecule has 0 saturated heterocycles. The first-order valence-electron chi connectivity index (χ1n) is 7.61. The van der Waals surface area contributed by atoms with E-state index in [1.807, 2.05) is 12.1 Å². The van der Waals surface area contributed by atoms with Gasteiger partial charge in [-0.2, -0.15) is 0 Å². The smallest absolute Gasteiger partial charge is 0.316 e. The van der Waals surface area contributed by atoms with Crippen molar-refractivity contribution in [1.29, 1.82) is 0 Å². The van der Waals surface area contributed by atoms with Crippen LogP contribution in [0.4, 0.5) is 16.2 Å². The Morgan fingerprint density at radius 2 is 1.75 bits per heavy atom. The number of sulfonamides is 1. The van der Waals surface area contributed by atoms with Gasteiger partial charge in [-0.25, -0.2) is 13.2 Å². The van der Waals surface area contributed by atoms with Gasteiger partial charge in [0.05, 0.1) is 10.6 Å². The summed E-state index contributed by atoms with van der Waals surface area (Å²) in [6.07, 6.45) is 0.990. The molecule has 2 rings (SSSR count). The summed E-state index contributed by atoms with van der Waals surface area (Å²) in [7, 11) is -3.70. The minimum atomic E-state index is -3.70. The normalized spacial score (nSPS) is 12.4. The van der Waals surface area contributed by atoms with Crippen LogP contribution in [0.1, 0.15) is 31.7 Å². The number of hydrogen-bond acceptors (Lipinski definition) is 3. The number of nitrogens with one attached hydrogen (secondary N) is 2. The summed E-state index contributed by atoms with van der Waals surface area (Å²) in [5, 5.41) is 2.40. The molecule has 0 fully saturated rings. The van der Waals surface area contributed by atoms with Crippen molar-refractivity contribution in [2.45, 2.75) is 31.1 Å². The fourth-order valence-corrected chi connectivity index (χ4v) is 3.28. The van der Waals surface area contributed by atoms with Crippen molar-refractivity contribution in [1.82, 2.24) is 0 Å². The van der Waals surface area contributed by atoms with Crippen molar-refractivity contribution in [2.75, 3.05) is 10.0 Å². The van der Waals surface area contributed by atoms with E-state index < -0.39 is 16.1 Å². The van der Waals surface area contributed by atoms with E-state index in [9.17, 15) is 13.2 Å². The van der Waals surface area contributed by atoms with Crippen LogP contribution in [0, 0.1) is 0 Å². The van der Waals surface area contributed by atoms with Gasteiger partial charge in [0.1, 0.15) is 0 Å². The molecule has 0 aliphatic rings. The number of benzene rings is 2. The number of carbonyl (C=O) groups is 1. The van der Waals surface area contributed by atoms with Gasteiger partial charge in [-0.05, 0) is 48.2 Å². The van der Waals surface area contributed by atoms with Gasteiger partial charge in [-0.3, -0.25) is 4.72 Å². The quantitative estimate of drug-likeness (QED) is 0.745. The van der Waals surface area contributed by atoms with E-state index in [1.165, 1.54) is 6.07 Å². The number of rotatable bonds is 6. The molecule has 2 amide bonds. The molecule has 7 heteroatoms. The average Bonchev–Trinajstić information content (AvgIpc) is 2.53. The summed E-state index contributed by atoms with van der Waals surface area (Å²) in [4.78, 5) is 11.1. The van der Waals surface area contributed by atoms with E-state index in [0.29, 0.717) is 17.3 Å². The number of urea groups is 1. The molecular weight excluding hydrogens is 326 g/mol. The number of nitrogens with two attached hydrogens (primary N) is 1. The molecule has 0 aliphatic heterocycles. The van der Waals surface area contributed by atoms with Crippen LogP contribution in [0.3, 0.4) is 0 Å². The topological polar surface area (TPSA) is 101 Å². The van der Waals surface area contributed by atoms with Crippen LogP contribution >= 0.6 is 0 Å².